The predicted molar refractivity (Wildman–Crippen MR) is 168 cm³/mol. The van der Waals surface area contributed by atoms with Gasteiger partial charge in [-0.3, -0.25) is 4.90 Å². The van der Waals surface area contributed by atoms with E-state index in [4.69, 9.17) is 18.9 Å². The molecule has 4 rings (SSSR count). The van der Waals surface area contributed by atoms with Gasteiger partial charge in [-0.15, -0.1) is 0 Å². The summed E-state index contributed by atoms with van der Waals surface area (Å²) in [7, 11) is 10.8. The maximum atomic E-state index is 14.0. The molecule has 0 spiro atoms. The van der Waals surface area contributed by atoms with Gasteiger partial charge in [-0.1, -0.05) is 30.3 Å². The zero-order valence-corrected chi connectivity index (χ0v) is 25.8. The molecule has 0 saturated heterocycles. The number of rotatable bonds is 14. The van der Waals surface area contributed by atoms with Crippen LogP contribution in [0, 0.1) is 0 Å². The molecule has 9 nitrogen and oxygen atoms in total. The number of fused-ring (bicyclic) bond motifs is 1. The Bertz CT molecular complexity index is 1320. The lowest BCUT2D eigenvalue weighted by molar-refractivity contribution is 0.202. The minimum absolute atomic E-state index is 0.0145. The monoisotopic (exact) mass is 576 g/mol. The molecule has 226 valence electrons. The molecule has 3 aromatic carbocycles. The van der Waals surface area contributed by atoms with Crippen molar-refractivity contribution in [3.8, 4) is 23.0 Å². The predicted octanol–water partition coefficient (Wildman–Crippen LogP) is 5.16. The van der Waals surface area contributed by atoms with Gasteiger partial charge in [0, 0.05) is 51.0 Å². The third-order valence-electron chi connectivity index (χ3n) is 7.80. The van der Waals surface area contributed by atoms with Crippen molar-refractivity contribution in [2.75, 3.05) is 85.1 Å². The van der Waals surface area contributed by atoms with Crippen LogP contribution in [0.5, 0.6) is 23.0 Å². The number of hydrogen-bond donors (Lipinski definition) is 0. The number of urea groups is 1. The van der Waals surface area contributed by atoms with E-state index in [0.29, 0.717) is 31.1 Å². The molecule has 0 N–H and O–H groups in total. The average Bonchev–Trinajstić information content (AvgIpc) is 3.14. The van der Waals surface area contributed by atoms with Crippen LogP contribution in [-0.2, 0) is 13.0 Å². The Morgan fingerprint density at radius 1 is 0.762 bits per heavy atom. The summed E-state index contributed by atoms with van der Waals surface area (Å²) in [5.41, 5.74) is 4.10. The summed E-state index contributed by atoms with van der Waals surface area (Å²) >= 11 is 0. The fourth-order valence-corrected chi connectivity index (χ4v) is 5.27. The number of likely N-dealkylation sites (N-methyl/N-ethyl adjacent to an activating group) is 2. The van der Waals surface area contributed by atoms with Crippen LogP contribution in [0.3, 0.4) is 0 Å². The maximum absolute atomic E-state index is 14.0. The average molecular weight is 577 g/mol. The standard InChI is InChI=1S/C33H44N4O5/c1-34(19-20-35(2)27-13-14-29(39-3)31(22-27)41-5)16-10-17-36-18-15-26-21-30(40-4)32(42-6)23-28(26)37(33(36)38)24-25-11-8-7-9-12-25/h7-9,11-14,21-23H,10,15-20,24H2,1-6H3. The van der Waals surface area contributed by atoms with E-state index in [0.717, 1.165) is 66.5 Å². The molecule has 0 radical (unpaired) electrons. The molecule has 0 bridgehead atoms. The molecule has 2 amide bonds. The number of nitrogens with zero attached hydrogens (tertiary/aromatic N) is 4. The van der Waals surface area contributed by atoms with Crippen molar-refractivity contribution in [1.82, 2.24) is 9.80 Å². The Morgan fingerprint density at radius 2 is 1.43 bits per heavy atom. The van der Waals surface area contributed by atoms with Gasteiger partial charge in [0.2, 0.25) is 0 Å². The van der Waals surface area contributed by atoms with Gasteiger partial charge in [0.25, 0.3) is 0 Å². The van der Waals surface area contributed by atoms with Gasteiger partial charge in [0.15, 0.2) is 23.0 Å². The van der Waals surface area contributed by atoms with E-state index in [1.807, 2.05) is 58.3 Å². The van der Waals surface area contributed by atoms with Crippen molar-refractivity contribution in [1.29, 1.82) is 0 Å². The first-order chi connectivity index (χ1) is 20.4. The van der Waals surface area contributed by atoms with E-state index in [2.05, 4.69) is 36.0 Å². The molecule has 1 aliphatic rings. The van der Waals surface area contributed by atoms with Gasteiger partial charge in [0.05, 0.1) is 40.7 Å². The van der Waals surface area contributed by atoms with Crippen molar-refractivity contribution >= 4 is 17.4 Å². The van der Waals surface area contributed by atoms with Crippen LogP contribution < -0.4 is 28.7 Å². The summed E-state index contributed by atoms with van der Waals surface area (Å²) in [4.78, 5) is 22.3. The second-order valence-corrected chi connectivity index (χ2v) is 10.5. The molecule has 0 saturated carbocycles. The lowest BCUT2D eigenvalue weighted by Crippen LogP contribution is -2.43. The highest BCUT2D eigenvalue weighted by molar-refractivity contribution is 5.94. The van der Waals surface area contributed by atoms with Crippen LogP contribution in [0.15, 0.2) is 60.7 Å². The molecule has 1 heterocycles. The second kappa shape index (κ2) is 14.7. The molecule has 3 aromatic rings. The third-order valence-corrected chi connectivity index (χ3v) is 7.80. The summed E-state index contributed by atoms with van der Waals surface area (Å²) < 4.78 is 22.0. The largest absolute Gasteiger partial charge is 0.493 e. The first-order valence-corrected chi connectivity index (χ1v) is 14.4. The van der Waals surface area contributed by atoms with E-state index in [1.165, 1.54) is 0 Å². The fourth-order valence-electron chi connectivity index (χ4n) is 5.27. The normalized spacial score (nSPS) is 13.1. The Morgan fingerprint density at radius 3 is 2.12 bits per heavy atom. The van der Waals surface area contributed by atoms with E-state index in [9.17, 15) is 4.79 Å². The first kappa shape index (κ1) is 30.8. The summed E-state index contributed by atoms with van der Waals surface area (Å²) in [5.74, 6) is 2.74. The van der Waals surface area contributed by atoms with Crippen LogP contribution in [0.2, 0.25) is 0 Å². The van der Waals surface area contributed by atoms with Crippen molar-refractivity contribution in [2.24, 2.45) is 0 Å². The molecule has 0 unspecified atom stereocenters. The van der Waals surface area contributed by atoms with Crippen LogP contribution >= 0.6 is 0 Å². The van der Waals surface area contributed by atoms with Gasteiger partial charge in [-0.25, -0.2) is 4.79 Å². The van der Waals surface area contributed by atoms with Gasteiger partial charge >= 0.3 is 6.03 Å². The number of benzene rings is 3. The van der Waals surface area contributed by atoms with Crippen molar-refractivity contribution in [2.45, 2.75) is 19.4 Å². The minimum atomic E-state index is 0.0145. The van der Waals surface area contributed by atoms with Crippen molar-refractivity contribution < 1.29 is 23.7 Å². The summed E-state index contributed by atoms with van der Waals surface area (Å²) in [6.07, 6.45) is 1.63. The van der Waals surface area contributed by atoms with Gasteiger partial charge < -0.3 is 33.6 Å². The number of hydrogen-bond acceptors (Lipinski definition) is 7. The van der Waals surface area contributed by atoms with Gasteiger partial charge in [-0.05, 0) is 55.8 Å². The number of ether oxygens (including phenoxy) is 4. The minimum Gasteiger partial charge on any atom is -0.493 e. The number of anilines is 2. The Hall–Kier alpha value is -4.11. The highest BCUT2D eigenvalue weighted by atomic mass is 16.5. The van der Waals surface area contributed by atoms with E-state index in [1.54, 1.807) is 28.4 Å². The third kappa shape index (κ3) is 7.39. The molecule has 1 aliphatic heterocycles. The molecular formula is C33H44N4O5. The van der Waals surface area contributed by atoms with Gasteiger partial charge in [0.1, 0.15) is 0 Å². The van der Waals surface area contributed by atoms with E-state index >= 15 is 0 Å². The van der Waals surface area contributed by atoms with E-state index in [-0.39, 0.29) is 6.03 Å². The molecular weight excluding hydrogens is 532 g/mol. The topological polar surface area (TPSA) is 67.0 Å². The molecule has 42 heavy (non-hydrogen) atoms. The Kier molecular flexibility index (Phi) is 10.8. The Balaban J connectivity index is 1.38. The maximum Gasteiger partial charge on any atom is 0.324 e. The van der Waals surface area contributed by atoms with E-state index < -0.39 is 0 Å². The van der Waals surface area contributed by atoms with Crippen LogP contribution in [0.4, 0.5) is 16.2 Å². The first-order valence-electron chi connectivity index (χ1n) is 14.4. The number of carbonyl (C=O) groups is 1. The summed E-state index contributed by atoms with van der Waals surface area (Å²) in [5, 5.41) is 0. The van der Waals surface area contributed by atoms with Gasteiger partial charge in [-0.2, -0.15) is 0 Å². The second-order valence-electron chi connectivity index (χ2n) is 10.5. The zero-order chi connectivity index (χ0) is 30.1. The van der Waals surface area contributed by atoms with Crippen LogP contribution in [0.25, 0.3) is 0 Å². The summed E-state index contributed by atoms with van der Waals surface area (Å²) in [6.45, 7) is 4.46. The zero-order valence-electron chi connectivity index (χ0n) is 25.8. The lowest BCUT2D eigenvalue weighted by Gasteiger charge is -2.29. The highest BCUT2D eigenvalue weighted by Crippen LogP contribution is 2.38. The highest BCUT2D eigenvalue weighted by Gasteiger charge is 2.29. The SMILES string of the molecule is COc1ccc(N(C)CCN(C)CCCN2CCc3cc(OC)c(OC)cc3N(Cc3ccccc3)C2=O)cc1OC. The number of carbonyl (C=O) groups excluding carboxylic acids is 1. The van der Waals surface area contributed by atoms with Crippen molar-refractivity contribution in [3.63, 3.8) is 0 Å². The number of methoxy groups -OCH3 is 4. The summed E-state index contributed by atoms with van der Waals surface area (Å²) in [6, 6.07) is 20.0. The molecule has 0 atom stereocenters. The molecule has 9 heteroatoms. The fraction of sp³-hybridized carbons (Fsp3) is 0.424. The number of amides is 2. The molecule has 0 aliphatic carbocycles. The lowest BCUT2D eigenvalue weighted by atomic mass is 10.1. The Labute approximate surface area is 250 Å². The smallest absolute Gasteiger partial charge is 0.324 e. The van der Waals surface area contributed by atoms with Crippen LogP contribution in [0.1, 0.15) is 17.5 Å². The quantitative estimate of drug-likeness (QED) is 0.263. The molecule has 0 aromatic heterocycles. The molecule has 0 fully saturated rings. The van der Waals surface area contributed by atoms with Crippen molar-refractivity contribution in [3.05, 3.63) is 71.8 Å². The van der Waals surface area contributed by atoms with Crippen LogP contribution in [-0.4, -0.2) is 91.1 Å².